The molecule has 1 aromatic carbocycles. The minimum Gasteiger partial charge on any atom is -0.493 e. The molecule has 1 fully saturated rings. The number of nitrogens with one attached hydrogen (secondary N) is 1. The highest BCUT2D eigenvalue weighted by Crippen LogP contribution is 2.16. The zero-order valence-corrected chi connectivity index (χ0v) is 11.7. The third-order valence-corrected chi connectivity index (χ3v) is 3.53. The summed E-state index contributed by atoms with van der Waals surface area (Å²) in [5.41, 5.74) is 2.47. The molecule has 4 nitrogen and oxygen atoms in total. The molecule has 1 amide bonds. The fourth-order valence-electron chi connectivity index (χ4n) is 2.13. The Bertz CT molecular complexity index is 440. The largest absolute Gasteiger partial charge is 0.493 e. The molecule has 0 aliphatic carbocycles. The number of ether oxygens (including phenoxy) is 1. The van der Waals surface area contributed by atoms with Crippen molar-refractivity contribution in [2.75, 3.05) is 32.8 Å². The Morgan fingerprint density at radius 3 is 2.68 bits per heavy atom. The predicted molar refractivity (Wildman–Crippen MR) is 75.5 cm³/mol. The van der Waals surface area contributed by atoms with E-state index in [1.54, 1.807) is 0 Å². The number of aryl methyl sites for hydroxylation is 2. The van der Waals surface area contributed by atoms with Crippen LogP contribution in [-0.4, -0.2) is 43.6 Å². The van der Waals surface area contributed by atoms with E-state index in [0.29, 0.717) is 13.0 Å². The summed E-state index contributed by atoms with van der Waals surface area (Å²) in [7, 11) is 0. The van der Waals surface area contributed by atoms with Crippen molar-refractivity contribution in [3.63, 3.8) is 0 Å². The summed E-state index contributed by atoms with van der Waals surface area (Å²) in [6, 6.07) is 6.02. The highest BCUT2D eigenvalue weighted by molar-refractivity contribution is 5.76. The van der Waals surface area contributed by atoms with Gasteiger partial charge in [-0.25, -0.2) is 0 Å². The third kappa shape index (κ3) is 3.96. The van der Waals surface area contributed by atoms with Crippen molar-refractivity contribution >= 4 is 5.91 Å². The van der Waals surface area contributed by atoms with Crippen molar-refractivity contribution in [3.8, 4) is 5.75 Å². The molecule has 2 rings (SSSR count). The molecule has 0 radical (unpaired) electrons. The first-order valence-corrected chi connectivity index (χ1v) is 6.85. The number of piperazine rings is 1. The number of rotatable bonds is 4. The van der Waals surface area contributed by atoms with Crippen molar-refractivity contribution < 1.29 is 9.53 Å². The molecule has 0 unspecified atom stereocenters. The van der Waals surface area contributed by atoms with Crippen molar-refractivity contribution in [3.05, 3.63) is 29.3 Å². The smallest absolute Gasteiger partial charge is 0.226 e. The summed E-state index contributed by atoms with van der Waals surface area (Å²) in [6.45, 7) is 7.99. The van der Waals surface area contributed by atoms with Crippen LogP contribution in [-0.2, 0) is 4.79 Å². The highest BCUT2D eigenvalue weighted by atomic mass is 16.5. The van der Waals surface area contributed by atoms with E-state index in [2.05, 4.69) is 19.2 Å². The van der Waals surface area contributed by atoms with Crippen molar-refractivity contribution in [2.24, 2.45) is 0 Å². The molecule has 19 heavy (non-hydrogen) atoms. The maximum absolute atomic E-state index is 11.9. The number of benzene rings is 1. The number of carbonyl (C=O) groups excluding carboxylic acids is 1. The molecule has 0 aromatic heterocycles. The van der Waals surface area contributed by atoms with E-state index in [4.69, 9.17) is 4.74 Å². The van der Waals surface area contributed by atoms with E-state index in [-0.39, 0.29) is 5.91 Å². The molecule has 1 aliphatic rings. The maximum atomic E-state index is 11.9. The minimum atomic E-state index is 0.185. The lowest BCUT2D eigenvalue weighted by atomic mass is 10.1. The average molecular weight is 262 g/mol. The molecule has 1 N–H and O–H groups in total. The SMILES string of the molecule is Cc1ccc(OCCC(=O)N2CCNCC2)cc1C. The van der Waals surface area contributed by atoms with Gasteiger partial charge in [-0.05, 0) is 37.1 Å². The second-order valence-electron chi connectivity index (χ2n) is 4.98. The van der Waals surface area contributed by atoms with E-state index in [0.717, 1.165) is 31.9 Å². The van der Waals surface area contributed by atoms with Crippen LogP contribution in [0, 0.1) is 13.8 Å². The molecule has 1 aliphatic heterocycles. The predicted octanol–water partition coefficient (Wildman–Crippen LogP) is 1.50. The zero-order chi connectivity index (χ0) is 13.7. The lowest BCUT2D eigenvalue weighted by Gasteiger charge is -2.27. The van der Waals surface area contributed by atoms with Gasteiger partial charge in [-0.3, -0.25) is 4.79 Å². The number of carbonyl (C=O) groups is 1. The second kappa shape index (κ2) is 6.57. The van der Waals surface area contributed by atoms with E-state index < -0.39 is 0 Å². The van der Waals surface area contributed by atoms with Crippen LogP contribution in [0.4, 0.5) is 0 Å². The molecule has 0 bridgehead atoms. The minimum absolute atomic E-state index is 0.185. The lowest BCUT2D eigenvalue weighted by Crippen LogP contribution is -2.46. The first-order chi connectivity index (χ1) is 9.16. The quantitative estimate of drug-likeness (QED) is 0.894. The summed E-state index contributed by atoms with van der Waals surface area (Å²) in [5.74, 6) is 1.03. The number of amides is 1. The van der Waals surface area contributed by atoms with Gasteiger partial charge in [-0.2, -0.15) is 0 Å². The van der Waals surface area contributed by atoms with Crippen molar-refractivity contribution in [1.29, 1.82) is 0 Å². The Morgan fingerprint density at radius 1 is 1.26 bits per heavy atom. The zero-order valence-electron chi connectivity index (χ0n) is 11.7. The first-order valence-electron chi connectivity index (χ1n) is 6.85. The van der Waals surface area contributed by atoms with Crippen LogP contribution < -0.4 is 10.1 Å². The van der Waals surface area contributed by atoms with Gasteiger partial charge in [0, 0.05) is 26.2 Å². The van der Waals surface area contributed by atoms with Gasteiger partial charge in [0.15, 0.2) is 0 Å². The monoisotopic (exact) mass is 262 g/mol. The van der Waals surface area contributed by atoms with Crippen LogP contribution in [0.1, 0.15) is 17.5 Å². The number of hydrogen-bond donors (Lipinski definition) is 1. The first kappa shape index (κ1) is 13.9. The summed E-state index contributed by atoms with van der Waals surface area (Å²) < 4.78 is 5.64. The Labute approximate surface area is 114 Å². The molecule has 0 atom stereocenters. The highest BCUT2D eigenvalue weighted by Gasteiger charge is 2.15. The Kier molecular flexibility index (Phi) is 4.80. The van der Waals surface area contributed by atoms with Crippen LogP contribution in [0.15, 0.2) is 18.2 Å². The van der Waals surface area contributed by atoms with Crippen LogP contribution in [0.5, 0.6) is 5.75 Å². The Hall–Kier alpha value is -1.55. The van der Waals surface area contributed by atoms with Gasteiger partial charge in [0.2, 0.25) is 5.91 Å². The summed E-state index contributed by atoms with van der Waals surface area (Å²) in [5, 5.41) is 3.24. The molecule has 1 saturated heterocycles. The van der Waals surface area contributed by atoms with Gasteiger partial charge in [0.1, 0.15) is 5.75 Å². The number of nitrogens with zero attached hydrogens (tertiary/aromatic N) is 1. The molecule has 0 spiro atoms. The van der Waals surface area contributed by atoms with Crippen LogP contribution in [0.2, 0.25) is 0 Å². The van der Waals surface area contributed by atoms with E-state index >= 15 is 0 Å². The summed E-state index contributed by atoms with van der Waals surface area (Å²) in [6.07, 6.45) is 0.451. The van der Waals surface area contributed by atoms with Gasteiger partial charge in [-0.1, -0.05) is 6.07 Å². The summed E-state index contributed by atoms with van der Waals surface area (Å²) >= 11 is 0. The van der Waals surface area contributed by atoms with Crippen LogP contribution in [0.3, 0.4) is 0 Å². The molecule has 1 aromatic rings. The molecule has 0 saturated carbocycles. The fraction of sp³-hybridized carbons (Fsp3) is 0.533. The normalized spacial score (nSPS) is 15.4. The van der Waals surface area contributed by atoms with E-state index in [1.807, 2.05) is 23.1 Å². The molecular formula is C15H22N2O2. The fourth-order valence-corrected chi connectivity index (χ4v) is 2.13. The Morgan fingerprint density at radius 2 is 2.00 bits per heavy atom. The van der Waals surface area contributed by atoms with Crippen LogP contribution in [0.25, 0.3) is 0 Å². The average Bonchev–Trinajstić information content (AvgIpc) is 2.43. The molecular weight excluding hydrogens is 240 g/mol. The van der Waals surface area contributed by atoms with Gasteiger partial charge in [0.25, 0.3) is 0 Å². The Balaban J connectivity index is 1.76. The van der Waals surface area contributed by atoms with E-state index in [1.165, 1.54) is 11.1 Å². The maximum Gasteiger partial charge on any atom is 0.226 e. The van der Waals surface area contributed by atoms with Gasteiger partial charge >= 0.3 is 0 Å². The van der Waals surface area contributed by atoms with Crippen molar-refractivity contribution in [2.45, 2.75) is 20.3 Å². The second-order valence-corrected chi connectivity index (χ2v) is 4.98. The van der Waals surface area contributed by atoms with Crippen LogP contribution >= 0.6 is 0 Å². The number of hydrogen-bond acceptors (Lipinski definition) is 3. The van der Waals surface area contributed by atoms with Gasteiger partial charge in [-0.15, -0.1) is 0 Å². The topological polar surface area (TPSA) is 41.6 Å². The molecule has 104 valence electrons. The summed E-state index contributed by atoms with van der Waals surface area (Å²) in [4.78, 5) is 13.8. The third-order valence-electron chi connectivity index (χ3n) is 3.53. The standard InChI is InChI=1S/C15H22N2O2/c1-12-3-4-14(11-13(12)2)19-10-5-15(18)17-8-6-16-7-9-17/h3-4,11,16H,5-10H2,1-2H3. The van der Waals surface area contributed by atoms with Gasteiger partial charge in [0.05, 0.1) is 13.0 Å². The molecule has 1 heterocycles. The van der Waals surface area contributed by atoms with E-state index in [9.17, 15) is 4.79 Å². The van der Waals surface area contributed by atoms with Gasteiger partial charge < -0.3 is 15.0 Å². The lowest BCUT2D eigenvalue weighted by molar-refractivity contribution is -0.132. The molecule has 4 heteroatoms. The van der Waals surface area contributed by atoms with Crippen molar-refractivity contribution in [1.82, 2.24) is 10.2 Å².